The largest absolute Gasteiger partial charge is 0.462 e. The minimum absolute atomic E-state index is 0.0983. The lowest BCUT2D eigenvalue weighted by Crippen LogP contribution is -2.14. The Bertz CT molecular complexity index is 1080. The molecule has 31 heavy (non-hydrogen) atoms. The highest BCUT2D eigenvalue weighted by molar-refractivity contribution is 6.30. The number of esters is 1. The van der Waals surface area contributed by atoms with Crippen molar-refractivity contribution in [1.82, 2.24) is 4.57 Å². The first-order valence-electron chi connectivity index (χ1n) is 10.1. The molecule has 1 N–H and O–H groups in total. The van der Waals surface area contributed by atoms with Crippen LogP contribution in [0, 0.1) is 12.7 Å². The highest BCUT2D eigenvalue weighted by Gasteiger charge is 2.19. The molecule has 0 aliphatic carbocycles. The molecule has 0 bridgehead atoms. The van der Waals surface area contributed by atoms with Crippen LogP contribution in [0.3, 0.4) is 0 Å². The van der Waals surface area contributed by atoms with Crippen LogP contribution in [0.15, 0.2) is 54.6 Å². The minimum Gasteiger partial charge on any atom is -0.462 e. The molecule has 0 fully saturated rings. The fourth-order valence-corrected chi connectivity index (χ4v) is 3.56. The number of nitrogens with one attached hydrogen (secondary N) is 1. The van der Waals surface area contributed by atoms with E-state index in [1.807, 2.05) is 47.9 Å². The summed E-state index contributed by atoms with van der Waals surface area (Å²) in [6.07, 6.45) is 0.710. The maximum absolute atomic E-state index is 13.9. The van der Waals surface area contributed by atoms with Gasteiger partial charge in [0.2, 0.25) is 5.91 Å². The highest BCUT2D eigenvalue weighted by Crippen LogP contribution is 2.27. The molecule has 2 aromatic carbocycles. The molecular weight excluding hydrogens is 419 g/mol. The summed E-state index contributed by atoms with van der Waals surface area (Å²) in [4.78, 5) is 24.6. The third-order valence-electron chi connectivity index (χ3n) is 4.92. The summed E-state index contributed by atoms with van der Waals surface area (Å²) in [7, 11) is 0. The first kappa shape index (κ1) is 22.6. The fraction of sp³-hybridized carbons (Fsp3) is 0.250. The van der Waals surface area contributed by atoms with Gasteiger partial charge in [0, 0.05) is 29.4 Å². The number of halogens is 2. The van der Waals surface area contributed by atoms with Crippen molar-refractivity contribution in [1.29, 1.82) is 0 Å². The average molecular weight is 443 g/mol. The Morgan fingerprint density at radius 1 is 1.13 bits per heavy atom. The van der Waals surface area contributed by atoms with Crippen LogP contribution in [0.1, 0.15) is 35.8 Å². The third-order valence-corrected chi connectivity index (χ3v) is 5.16. The van der Waals surface area contributed by atoms with Gasteiger partial charge in [0.25, 0.3) is 0 Å². The average Bonchev–Trinajstić information content (AvgIpc) is 3.07. The quantitative estimate of drug-likeness (QED) is 0.445. The van der Waals surface area contributed by atoms with Crippen LogP contribution in [-0.4, -0.2) is 23.1 Å². The molecule has 0 saturated carbocycles. The van der Waals surface area contributed by atoms with Gasteiger partial charge in [-0.3, -0.25) is 4.79 Å². The van der Waals surface area contributed by atoms with Crippen molar-refractivity contribution in [3.05, 3.63) is 76.7 Å². The molecule has 0 radical (unpaired) electrons. The molecule has 3 aromatic rings. The number of amides is 1. The van der Waals surface area contributed by atoms with Gasteiger partial charge in [-0.15, -0.1) is 0 Å². The second-order valence-electron chi connectivity index (χ2n) is 7.04. The van der Waals surface area contributed by atoms with Gasteiger partial charge in [-0.25, -0.2) is 9.18 Å². The molecule has 0 saturated heterocycles. The van der Waals surface area contributed by atoms with Crippen molar-refractivity contribution in [2.45, 2.75) is 33.2 Å². The number of carbonyl (C=O) groups excluding carboxylic acids is 2. The number of hydrogen-bond donors (Lipinski definition) is 1. The van der Waals surface area contributed by atoms with Crippen molar-refractivity contribution in [3.8, 4) is 11.3 Å². The van der Waals surface area contributed by atoms with Gasteiger partial charge >= 0.3 is 5.97 Å². The maximum atomic E-state index is 13.9. The van der Waals surface area contributed by atoms with Gasteiger partial charge in [0.15, 0.2) is 0 Å². The molecule has 5 nitrogen and oxygen atoms in total. The van der Waals surface area contributed by atoms with Crippen molar-refractivity contribution >= 4 is 29.2 Å². The van der Waals surface area contributed by atoms with E-state index in [9.17, 15) is 14.0 Å². The fourth-order valence-electron chi connectivity index (χ4n) is 3.40. The summed E-state index contributed by atoms with van der Waals surface area (Å²) in [5.74, 6) is -1.24. The summed E-state index contributed by atoms with van der Waals surface area (Å²) in [5.41, 5.74) is 3.23. The van der Waals surface area contributed by atoms with Gasteiger partial charge in [0.05, 0.1) is 17.9 Å². The Morgan fingerprint density at radius 2 is 1.87 bits per heavy atom. The highest BCUT2D eigenvalue weighted by atomic mass is 35.5. The number of ether oxygens (including phenoxy) is 1. The van der Waals surface area contributed by atoms with Crippen LogP contribution >= 0.6 is 11.6 Å². The number of nitrogens with zero attached hydrogens (tertiary/aromatic N) is 1. The van der Waals surface area contributed by atoms with E-state index in [0.29, 0.717) is 25.1 Å². The molecular formula is C24H24ClFN2O3. The smallest absolute Gasteiger partial charge is 0.339 e. The predicted octanol–water partition coefficient (Wildman–Crippen LogP) is 5.85. The van der Waals surface area contributed by atoms with Crippen LogP contribution in [0.5, 0.6) is 0 Å². The Hall–Kier alpha value is -3.12. The monoisotopic (exact) mass is 442 g/mol. The molecule has 0 atom stereocenters. The van der Waals surface area contributed by atoms with Crippen molar-refractivity contribution < 1.29 is 18.7 Å². The first-order chi connectivity index (χ1) is 14.9. The van der Waals surface area contributed by atoms with Crippen LogP contribution in [-0.2, 0) is 16.1 Å². The number of carbonyl (C=O) groups is 2. The molecule has 0 spiro atoms. The molecule has 1 aromatic heterocycles. The SMILES string of the molecule is CCOC(=O)c1cc(-c2ccccc2)n(CCCC(=O)Nc2ccc(Cl)cc2F)c1C. The Kier molecular flexibility index (Phi) is 7.47. The molecule has 7 heteroatoms. The lowest BCUT2D eigenvalue weighted by atomic mass is 10.1. The van der Waals surface area contributed by atoms with Crippen molar-refractivity contribution in [3.63, 3.8) is 0 Å². The predicted molar refractivity (Wildman–Crippen MR) is 120 cm³/mol. The standard InChI is InChI=1S/C24H24ClFN2O3/c1-3-31-24(30)19-15-22(17-8-5-4-6-9-17)28(16(19)2)13-7-10-23(29)27-21-12-11-18(25)14-20(21)26/h4-6,8-9,11-12,14-15H,3,7,10,13H2,1-2H3,(H,27,29). The van der Waals surface area contributed by atoms with Crippen LogP contribution in [0.2, 0.25) is 5.02 Å². The molecule has 0 aliphatic heterocycles. The summed E-state index contributed by atoms with van der Waals surface area (Å²) in [6.45, 7) is 4.45. The van der Waals surface area contributed by atoms with Gasteiger partial charge in [-0.05, 0) is 50.1 Å². The van der Waals surface area contributed by atoms with E-state index in [0.717, 1.165) is 23.0 Å². The van der Waals surface area contributed by atoms with Crippen molar-refractivity contribution in [2.75, 3.05) is 11.9 Å². The maximum Gasteiger partial charge on any atom is 0.339 e. The van der Waals surface area contributed by atoms with E-state index in [4.69, 9.17) is 16.3 Å². The van der Waals surface area contributed by atoms with E-state index in [1.54, 1.807) is 6.92 Å². The number of rotatable bonds is 8. The second-order valence-corrected chi connectivity index (χ2v) is 7.48. The van der Waals surface area contributed by atoms with Crippen LogP contribution in [0.4, 0.5) is 10.1 Å². The Labute approximate surface area is 185 Å². The van der Waals surface area contributed by atoms with E-state index >= 15 is 0 Å². The van der Waals surface area contributed by atoms with Crippen molar-refractivity contribution in [2.24, 2.45) is 0 Å². The summed E-state index contributed by atoms with van der Waals surface area (Å²) in [6, 6.07) is 15.7. The molecule has 1 amide bonds. The zero-order valence-electron chi connectivity index (χ0n) is 17.5. The van der Waals surface area contributed by atoms with Gasteiger partial charge in [0.1, 0.15) is 5.82 Å². The Balaban J connectivity index is 1.74. The lowest BCUT2D eigenvalue weighted by molar-refractivity contribution is -0.116. The van der Waals surface area contributed by atoms with E-state index in [-0.39, 0.29) is 29.0 Å². The summed E-state index contributed by atoms with van der Waals surface area (Å²) >= 11 is 5.74. The molecule has 1 heterocycles. The van der Waals surface area contributed by atoms with Gasteiger partial charge < -0.3 is 14.6 Å². The molecule has 0 unspecified atom stereocenters. The summed E-state index contributed by atoms with van der Waals surface area (Å²) in [5, 5.41) is 2.84. The van der Waals surface area contributed by atoms with Crippen LogP contribution < -0.4 is 5.32 Å². The van der Waals surface area contributed by atoms with Gasteiger partial charge in [-0.1, -0.05) is 41.9 Å². The zero-order chi connectivity index (χ0) is 22.4. The minimum atomic E-state index is -0.576. The molecule has 0 aliphatic rings. The number of anilines is 1. The topological polar surface area (TPSA) is 60.3 Å². The molecule has 162 valence electrons. The first-order valence-corrected chi connectivity index (χ1v) is 10.5. The van der Waals surface area contributed by atoms with E-state index in [2.05, 4.69) is 5.32 Å². The van der Waals surface area contributed by atoms with Crippen LogP contribution in [0.25, 0.3) is 11.3 Å². The lowest BCUT2D eigenvalue weighted by Gasteiger charge is -2.12. The normalized spacial score (nSPS) is 10.7. The third kappa shape index (κ3) is 5.52. The molecule has 3 rings (SSSR count). The van der Waals surface area contributed by atoms with E-state index in [1.165, 1.54) is 12.1 Å². The van der Waals surface area contributed by atoms with Gasteiger partial charge in [-0.2, -0.15) is 0 Å². The zero-order valence-corrected chi connectivity index (χ0v) is 18.2. The van der Waals surface area contributed by atoms with E-state index < -0.39 is 5.82 Å². The number of benzene rings is 2. The summed E-state index contributed by atoms with van der Waals surface area (Å²) < 4.78 is 21.1. The number of aromatic nitrogens is 1. The Morgan fingerprint density at radius 3 is 2.55 bits per heavy atom. The second kappa shape index (κ2) is 10.3. The number of hydrogen-bond acceptors (Lipinski definition) is 3.